The second-order valence-corrected chi connectivity index (χ2v) is 6.47. The zero-order chi connectivity index (χ0) is 15.1. The van der Waals surface area contributed by atoms with E-state index in [1.807, 2.05) is 17.0 Å². The Kier molecular flexibility index (Phi) is 3.45. The predicted molar refractivity (Wildman–Crippen MR) is 82.2 cm³/mol. The van der Waals surface area contributed by atoms with Gasteiger partial charge in [-0.15, -0.1) is 0 Å². The van der Waals surface area contributed by atoms with Gasteiger partial charge in [-0.2, -0.15) is 0 Å². The molecule has 0 spiro atoms. The number of carbonyl (C=O) groups is 1. The Hall–Kier alpha value is -1.75. The number of ether oxygens (including phenoxy) is 2. The average molecular weight is 302 g/mol. The van der Waals surface area contributed by atoms with Crippen molar-refractivity contribution in [1.29, 1.82) is 0 Å². The van der Waals surface area contributed by atoms with Crippen LogP contribution in [0.2, 0.25) is 0 Å². The molecule has 2 aliphatic heterocycles. The highest BCUT2D eigenvalue weighted by atomic mass is 16.7. The number of rotatable bonds is 3. The first-order valence-corrected chi connectivity index (χ1v) is 8.15. The first kappa shape index (κ1) is 13.9. The third-order valence-corrected chi connectivity index (χ3v) is 5.10. The van der Waals surface area contributed by atoms with Crippen molar-refractivity contribution in [3.05, 3.63) is 23.8 Å². The van der Waals surface area contributed by atoms with Crippen LogP contribution in [-0.4, -0.2) is 54.7 Å². The second kappa shape index (κ2) is 5.47. The highest BCUT2D eigenvalue weighted by Crippen LogP contribution is 2.36. The molecule has 1 saturated carbocycles. The molecule has 1 saturated heterocycles. The van der Waals surface area contributed by atoms with Gasteiger partial charge in [0.25, 0.3) is 5.91 Å². The van der Waals surface area contributed by atoms with Crippen molar-refractivity contribution in [1.82, 2.24) is 9.80 Å². The summed E-state index contributed by atoms with van der Waals surface area (Å²) in [7, 11) is 0. The fraction of sp³-hybridized carbons (Fsp3) is 0.588. The molecule has 5 heteroatoms. The maximum atomic E-state index is 12.6. The average Bonchev–Trinajstić information content (AvgIpc) is 3.31. The normalized spacial score (nSPS) is 22.7. The minimum absolute atomic E-state index is 0.0945. The van der Waals surface area contributed by atoms with Gasteiger partial charge in [-0.3, -0.25) is 9.69 Å². The maximum Gasteiger partial charge on any atom is 0.254 e. The van der Waals surface area contributed by atoms with Gasteiger partial charge in [0, 0.05) is 37.8 Å². The van der Waals surface area contributed by atoms with Crippen LogP contribution in [0.3, 0.4) is 0 Å². The standard InChI is InChI=1S/C17H22N2O3/c1-12(13-2-3-13)18-6-8-19(9-7-18)17(20)14-4-5-15-16(10-14)22-11-21-15/h4-5,10,12-13H,2-3,6-9,11H2,1H3/t12-/m0/s1. The molecule has 3 aliphatic rings. The van der Waals surface area contributed by atoms with Gasteiger partial charge in [0.05, 0.1) is 0 Å². The van der Waals surface area contributed by atoms with E-state index >= 15 is 0 Å². The number of hydrogen-bond acceptors (Lipinski definition) is 4. The van der Waals surface area contributed by atoms with Crippen LogP contribution in [0.4, 0.5) is 0 Å². The van der Waals surface area contributed by atoms with E-state index in [1.54, 1.807) is 6.07 Å². The molecule has 1 aromatic rings. The van der Waals surface area contributed by atoms with Crippen LogP contribution in [0, 0.1) is 5.92 Å². The fourth-order valence-electron chi connectivity index (χ4n) is 3.42. The summed E-state index contributed by atoms with van der Waals surface area (Å²) in [5.41, 5.74) is 0.688. The first-order valence-electron chi connectivity index (χ1n) is 8.15. The molecule has 2 heterocycles. The lowest BCUT2D eigenvalue weighted by atomic mass is 10.1. The molecule has 0 radical (unpaired) electrons. The summed E-state index contributed by atoms with van der Waals surface area (Å²) in [5.74, 6) is 2.37. The predicted octanol–water partition coefficient (Wildman–Crippen LogP) is 1.97. The molecule has 0 bridgehead atoms. The first-order chi connectivity index (χ1) is 10.7. The van der Waals surface area contributed by atoms with E-state index in [-0.39, 0.29) is 12.7 Å². The van der Waals surface area contributed by atoms with Gasteiger partial charge in [-0.1, -0.05) is 0 Å². The summed E-state index contributed by atoms with van der Waals surface area (Å²) in [5, 5.41) is 0. The van der Waals surface area contributed by atoms with Crippen LogP contribution in [0.15, 0.2) is 18.2 Å². The third kappa shape index (κ3) is 2.54. The number of carbonyl (C=O) groups excluding carboxylic acids is 1. The minimum Gasteiger partial charge on any atom is -0.454 e. The zero-order valence-corrected chi connectivity index (χ0v) is 13.0. The van der Waals surface area contributed by atoms with E-state index in [0.29, 0.717) is 17.4 Å². The van der Waals surface area contributed by atoms with Gasteiger partial charge in [0.2, 0.25) is 6.79 Å². The minimum atomic E-state index is 0.0945. The van der Waals surface area contributed by atoms with Gasteiger partial charge < -0.3 is 14.4 Å². The Bertz CT molecular complexity index is 577. The molecule has 1 aromatic carbocycles. The molecule has 1 atom stereocenters. The highest BCUT2D eigenvalue weighted by molar-refractivity contribution is 5.95. The number of benzene rings is 1. The van der Waals surface area contributed by atoms with Crippen molar-refractivity contribution in [3.63, 3.8) is 0 Å². The molecule has 1 aliphatic carbocycles. The van der Waals surface area contributed by atoms with E-state index in [2.05, 4.69) is 11.8 Å². The summed E-state index contributed by atoms with van der Waals surface area (Å²) in [6.07, 6.45) is 2.75. The Morgan fingerprint density at radius 3 is 2.59 bits per heavy atom. The molecular formula is C17H22N2O3. The van der Waals surface area contributed by atoms with E-state index in [9.17, 15) is 4.79 Å². The molecule has 5 nitrogen and oxygen atoms in total. The monoisotopic (exact) mass is 302 g/mol. The van der Waals surface area contributed by atoms with Crippen LogP contribution in [0.1, 0.15) is 30.1 Å². The lowest BCUT2D eigenvalue weighted by Crippen LogP contribution is -2.51. The van der Waals surface area contributed by atoms with Crippen LogP contribution < -0.4 is 9.47 Å². The highest BCUT2D eigenvalue weighted by Gasteiger charge is 2.34. The van der Waals surface area contributed by atoms with Gasteiger partial charge >= 0.3 is 0 Å². The van der Waals surface area contributed by atoms with Crippen molar-refractivity contribution in [3.8, 4) is 11.5 Å². The van der Waals surface area contributed by atoms with Crippen molar-refractivity contribution in [2.75, 3.05) is 33.0 Å². The fourth-order valence-corrected chi connectivity index (χ4v) is 3.42. The molecule has 22 heavy (non-hydrogen) atoms. The molecular weight excluding hydrogens is 280 g/mol. The zero-order valence-electron chi connectivity index (χ0n) is 13.0. The molecule has 2 fully saturated rings. The molecule has 0 unspecified atom stereocenters. The number of piperazine rings is 1. The quantitative estimate of drug-likeness (QED) is 0.856. The second-order valence-electron chi connectivity index (χ2n) is 6.47. The van der Waals surface area contributed by atoms with Crippen molar-refractivity contribution >= 4 is 5.91 Å². The summed E-state index contributed by atoms with van der Waals surface area (Å²) < 4.78 is 10.7. The summed E-state index contributed by atoms with van der Waals surface area (Å²) in [6.45, 7) is 6.15. The van der Waals surface area contributed by atoms with E-state index < -0.39 is 0 Å². The number of hydrogen-bond donors (Lipinski definition) is 0. The Morgan fingerprint density at radius 2 is 1.86 bits per heavy atom. The summed E-state index contributed by atoms with van der Waals surface area (Å²) >= 11 is 0. The largest absolute Gasteiger partial charge is 0.454 e. The number of nitrogens with zero attached hydrogens (tertiary/aromatic N) is 2. The van der Waals surface area contributed by atoms with Crippen molar-refractivity contribution in [2.24, 2.45) is 5.92 Å². The van der Waals surface area contributed by atoms with Gasteiger partial charge in [0.1, 0.15) is 0 Å². The van der Waals surface area contributed by atoms with E-state index in [4.69, 9.17) is 9.47 Å². The van der Waals surface area contributed by atoms with E-state index in [0.717, 1.165) is 37.8 Å². The smallest absolute Gasteiger partial charge is 0.254 e. The van der Waals surface area contributed by atoms with Gasteiger partial charge in [-0.05, 0) is 43.9 Å². The topological polar surface area (TPSA) is 42.0 Å². The lowest BCUT2D eigenvalue weighted by Gasteiger charge is -2.38. The molecule has 0 N–H and O–H groups in total. The molecule has 1 amide bonds. The molecule has 118 valence electrons. The third-order valence-electron chi connectivity index (χ3n) is 5.10. The summed E-state index contributed by atoms with van der Waals surface area (Å²) in [6, 6.07) is 6.11. The maximum absolute atomic E-state index is 12.6. The van der Waals surface area contributed by atoms with Crippen molar-refractivity contribution < 1.29 is 14.3 Å². The number of fused-ring (bicyclic) bond motifs is 1. The van der Waals surface area contributed by atoms with Crippen LogP contribution in [0.5, 0.6) is 11.5 Å². The summed E-state index contributed by atoms with van der Waals surface area (Å²) in [4.78, 5) is 17.1. The van der Waals surface area contributed by atoms with Crippen molar-refractivity contribution in [2.45, 2.75) is 25.8 Å². The Balaban J connectivity index is 1.39. The van der Waals surface area contributed by atoms with E-state index in [1.165, 1.54) is 12.8 Å². The van der Waals surface area contributed by atoms with Crippen LogP contribution in [0.25, 0.3) is 0 Å². The Labute approximate surface area is 130 Å². The van der Waals surface area contributed by atoms with Gasteiger partial charge in [0.15, 0.2) is 11.5 Å². The van der Waals surface area contributed by atoms with Gasteiger partial charge in [-0.25, -0.2) is 0 Å². The number of amides is 1. The molecule has 4 rings (SSSR count). The van der Waals surface area contributed by atoms with Crippen LogP contribution >= 0.6 is 0 Å². The lowest BCUT2D eigenvalue weighted by molar-refractivity contribution is 0.0563. The SMILES string of the molecule is C[C@@H](C1CC1)N1CCN(C(=O)c2ccc3c(c2)OCO3)CC1. The molecule has 0 aromatic heterocycles. The van der Waals surface area contributed by atoms with Crippen LogP contribution in [-0.2, 0) is 0 Å². The Morgan fingerprint density at radius 1 is 1.14 bits per heavy atom.